The van der Waals surface area contributed by atoms with Gasteiger partial charge in [0.15, 0.2) is 0 Å². The second kappa shape index (κ2) is 7.02. The van der Waals surface area contributed by atoms with E-state index in [0.29, 0.717) is 5.56 Å². The summed E-state index contributed by atoms with van der Waals surface area (Å²) in [5.74, 6) is -1.49. The third-order valence-corrected chi connectivity index (χ3v) is 4.42. The SMILES string of the molecule is Cc1nc(C(=O)N(Cc2ccc(C(F)(F)F)cc2)C2CC2)ccc1C(=O)O. The summed E-state index contributed by atoms with van der Waals surface area (Å²) in [6.07, 6.45) is -2.77. The van der Waals surface area contributed by atoms with E-state index in [0.717, 1.165) is 25.0 Å². The first-order chi connectivity index (χ1) is 12.7. The van der Waals surface area contributed by atoms with Gasteiger partial charge in [0.05, 0.1) is 16.8 Å². The Labute approximate surface area is 153 Å². The number of nitrogens with zero attached hydrogens (tertiary/aromatic N) is 2. The van der Waals surface area contributed by atoms with Crippen molar-refractivity contribution in [3.8, 4) is 0 Å². The molecule has 0 spiro atoms. The molecule has 1 heterocycles. The first kappa shape index (κ1) is 18.9. The van der Waals surface area contributed by atoms with Crippen LogP contribution in [-0.4, -0.2) is 32.9 Å². The maximum Gasteiger partial charge on any atom is 0.416 e. The van der Waals surface area contributed by atoms with Crippen molar-refractivity contribution in [2.45, 2.75) is 38.5 Å². The summed E-state index contributed by atoms with van der Waals surface area (Å²) in [5.41, 5.74) is 0.224. The van der Waals surface area contributed by atoms with Crippen LogP contribution in [0.3, 0.4) is 0 Å². The van der Waals surface area contributed by atoms with Crippen molar-refractivity contribution in [1.82, 2.24) is 9.88 Å². The van der Waals surface area contributed by atoms with Crippen LogP contribution in [0.25, 0.3) is 0 Å². The monoisotopic (exact) mass is 378 g/mol. The second-order valence-corrected chi connectivity index (χ2v) is 6.49. The number of aryl methyl sites for hydroxylation is 1. The Morgan fingerprint density at radius 3 is 2.26 bits per heavy atom. The molecular weight excluding hydrogens is 361 g/mol. The van der Waals surface area contributed by atoms with E-state index in [1.54, 1.807) is 4.90 Å². The van der Waals surface area contributed by atoms with Crippen LogP contribution in [0, 0.1) is 6.92 Å². The predicted octanol–water partition coefficient (Wildman–Crippen LogP) is 3.91. The zero-order valence-corrected chi connectivity index (χ0v) is 14.5. The zero-order valence-electron chi connectivity index (χ0n) is 14.5. The molecule has 3 rings (SSSR count). The number of carboxylic acids is 1. The highest BCUT2D eigenvalue weighted by Crippen LogP contribution is 2.32. The number of carbonyl (C=O) groups excluding carboxylic acids is 1. The minimum absolute atomic E-state index is 0.0149. The number of carbonyl (C=O) groups is 2. The van der Waals surface area contributed by atoms with Crippen molar-refractivity contribution in [2.24, 2.45) is 0 Å². The molecule has 1 fully saturated rings. The lowest BCUT2D eigenvalue weighted by molar-refractivity contribution is -0.137. The second-order valence-electron chi connectivity index (χ2n) is 6.49. The molecule has 1 aromatic carbocycles. The Morgan fingerprint density at radius 1 is 1.15 bits per heavy atom. The fourth-order valence-corrected chi connectivity index (χ4v) is 2.80. The number of amides is 1. The van der Waals surface area contributed by atoms with E-state index in [1.165, 1.54) is 31.2 Å². The van der Waals surface area contributed by atoms with E-state index in [4.69, 9.17) is 5.11 Å². The highest BCUT2D eigenvalue weighted by atomic mass is 19.4. The van der Waals surface area contributed by atoms with E-state index < -0.39 is 17.7 Å². The minimum Gasteiger partial charge on any atom is -0.478 e. The molecule has 8 heteroatoms. The van der Waals surface area contributed by atoms with Gasteiger partial charge in [-0.25, -0.2) is 9.78 Å². The summed E-state index contributed by atoms with van der Waals surface area (Å²) in [7, 11) is 0. The van der Waals surface area contributed by atoms with Gasteiger partial charge in [-0.05, 0) is 49.6 Å². The molecule has 1 amide bonds. The Balaban J connectivity index is 1.81. The van der Waals surface area contributed by atoms with E-state index in [-0.39, 0.29) is 35.4 Å². The van der Waals surface area contributed by atoms with Crippen LogP contribution in [0.2, 0.25) is 0 Å². The fourth-order valence-electron chi connectivity index (χ4n) is 2.80. The van der Waals surface area contributed by atoms with E-state index in [2.05, 4.69) is 4.98 Å². The number of pyridine rings is 1. The Hall–Kier alpha value is -2.90. The lowest BCUT2D eigenvalue weighted by atomic mass is 10.1. The molecule has 0 radical (unpaired) electrons. The quantitative estimate of drug-likeness (QED) is 0.856. The average Bonchev–Trinajstić information content (AvgIpc) is 3.43. The van der Waals surface area contributed by atoms with E-state index >= 15 is 0 Å². The fraction of sp³-hybridized carbons (Fsp3) is 0.316. The van der Waals surface area contributed by atoms with Crippen LogP contribution in [0.5, 0.6) is 0 Å². The molecule has 1 aliphatic carbocycles. The van der Waals surface area contributed by atoms with Crippen molar-refractivity contribution in [2.75, 3.05) is 0 Å². The molecule has 1 N–H and O–H groups in total. The molecule has 0 saturated heterocycles. The molecule has 1 aromatic heterocycles. The van der Waals surface area contributed by atoms with E-state index in [1.807, 2.05) is 0 Å². The molecule has 2 aromatic rings. The Kier molecular flexibility index (Phi) is 4.91. The molecule has 0 aliphatic heterocycles. The van der Waals surface area contributed by atoms with Gasteiger partial charge in [0, 0.05) is 12.6 Å². The van der Waals surface area contributed by atoms with Gasteiger partial charge in [0.1, 0.15) is 5.69 Å². The van der Waals surface area contributed by atoms with Gasteiger partial charge < -0.3 is 10.0 Å². The first-order valence-electron chi connectivity index (χ1n) is 8.35. The zero-order chi connectivity index (χ0) is 19.8. The van der Waals surface area contributed by atoms with Crippen molar-refractivity contribution in [1.29, 1.82) is 0 Å². The van der Waals surface area contributed by atoms with Crippen molar-refractivity contribution in [3.05, 3.63) is 64.5 Å². The van der Waals surface area contributed by atoms with E-state index in [9.17, 15) is 22.8 Å². The molecule has 0 bridgehead atoms. The maximum absolute atomic E-state index is 12.8. The van der Waals surface area contributed by atoms with Crippen molar-refractivity contribution >= 4 is 11.9 Å². The van der Waals surface area contributed by atoms with Gasteiger partial charge in [-0.15, -0.1) is 0 Å². The molecule has 1 aliphatic rings. The molecule has 0 atom stereocenters. The van der Waals surface area contributed by atoms with Crippen molar-refractivity contribution in [3.63, 3.8) is 0 Å². The minimum atomic E-state index is -4.40. The van der Waals surface area contributed by atoms with Crippen LogP contribution >= 0.6 is 0 Å². The van der Waals surface area contributed by atoms with Crippen LogP contribution in [-0.2, 0) is 12.7 Å². The summed E-state index contributed by atoms with van der Waals surface area (Å²) in [6.45, 7) is 1.68. The number of benzene rings is 1. The summed E-state index contributed by atoms with van der Waals surface area (Å²) in [5, 5.41) is 9.06. The third kappa shape index (κ3) is 4.27. The Bertz CT molecular complexity index is 875. The van der Waals surface area contributed by atoms with Crippen LogP contribution in [0.4, 0.5) is 13.2 Å². The number of aromatic carboxylic acids is 1. The number of hydrogen-bond donors (Lipinski definition) is 1. The lowest BCUT2D eigenvalue weighted by Gasteiger charge is -2.22. The summed E-state index contributed by atoms with van der Waals surface area (Å²) >= 11 is 0. The number of alkyl halides is 3. The molecule has 27 heavy (non-hydrogen) atoms. The van der Waals surface area contributed by atoms with Crippen LogP contribution < -0.4 is 0 Å². The standard InChI is InChI=1S/C19H17F3N2O3/c1-11-15(18(26)27)8-9-16(23-11)17(25)24(14-6-7-14)10-12-2-4-13(5-3-12)19(20,21)22/h2-5,8-9,14H,6-7,10H2,1H3,(H,26,27). The number of carboxylic acid groups (broad SMARTS) is 1. The van der Waals surface area contributed by atoms with Crippen molar-refractivity contribution < 1.29 is 27.9 Å². The van der Waals surface area contributed by atoms with Crippen LogP contribution in [0.15, 0.2) is 36.4 Å². The van der Waals surface area contributed by atoms with Gasteiger partial charge in [0.2, 0.25) is 0 Å². The van der Waals surface area contributed by atoms with Gasteiger partial charge in [0.25, 0.3) is 5.91 Å². The normalized spacial score (nSPS) is 14.1. The summed E-state index contributed by atoms with van der Waals surface area (Å²) in [4.78, 5) is 29.6. The number of hydrogen-bond acceptors (Lipinski definition) is 3. The smallest absolute Gasteiger partial charge is 0.416 e. The largest absolute Gasteiger partial charge is 0.478 e. The molecular formula is C19H17F3N2O3. The first-order valence-corrected chi connectivity index (χ1v) is 8.35. The predicted molar refractivity (Wildman–Crippen MR) is 90.3 cm³/mol. The van der Waals surface area contributed by atoms with Crippen LogP contribution in [0.1, 0.15) is 50.5 Å². The summed E-state index contributed by atoms with van der Waals surface area (Å²) in [6, 6.07) is 7.42. The molecule has 5 nitrogen and oxygen atoms in total. The topological polar surface area (TPSA) is 70.5 Å². The molecule has 0 unspecified atom stereocenters. The number of rotatable bonds is 5. The van der Waals surface area contributed by atoms with Gasteiger partial charge in [-0.1, -0.05) is 12.1 Å². The van der Waals surface area contributed by atoms with Gasteiger partial charge in [-0.3, -0.25) is 4.79 Å². The van der Waals surface area contributed by atoms with Gasteiger partial charge in [-0.2, -0.15) is 13.2 Å². The highest BCUT2D eigenvalue weighted by Gasteiger charge is 2.34. The Morgan fingerprint density at radius 2 is 1.78 bits per heavy atom. The number of halogens is 3. The third-order valence-electron chi connectivity index (χ3n) is 4.42. The number of aromatic nitrogens is 1. The highest BCUT2D eigenvalue weighted by molar-refractivity contribution is 5.94. The average molecular weight is 378 g/mol. The lowest BCUT2D eigenvalue weighted by Crippen LogP contribution is -2.33. The van der Waals surface area contributed by atoms with Gasteiger partial charge >= 0.3 is 12.1 Å². The molecule has 1 saturated carbocycles. The maximum atomic E-state index is 12.8. The molecule has 142 valence electrons. The summed E-state index contributed by atoms with van der Waals surface area (Å²) < 4.78 is 38.0.